The topological polar surface area (TPSA) is 59.2 Å². The summed E-state index contributed by atoms with van der Waals surface area (Å²) in [6.45, 7) is 4.39. The summed E-state index contributed by atoms with van der Waals surface area (Å²) in [5, 5.41) is 0. The monoisotopic (exact) mass is 297 g/mol. The summed E-state index contributed by atoms with van der Waals surface area (Å²) in [4.78, 5) is 17.7. The lowest BCUT2D eigenvalue weighted by Crippen LogP contribution is -2.36. The van der Waals surface area contributed by atoms with E-state index in [9.17, 15) is 4.79 Å². The quantitative estimate of drug-likeness (QED) is 0.921. The highest BCUT2D eigenvalue weighted by atomic mass is 79.9. The highest BCUT2D eigenvalue weighted by molar-refractivity contribution is 9.10. The zero-order chi connectivity index (χ0) is 12.5. The Morgan fingerprint density at radius 3 is 3.00 bits per heavy atom. The second kappa shape index (κ2) is 4.74. The number of amides is 1. The van der Waals surface area contributed by atoms with E-state index in [0.717, 1.165) is 36.1 Å². The van der Waals surface area contributed by atoms with Crippen molar-refractivity contribution < 1.29 is 4.79 Å². The first-order valence-electron chi connectivity index (χ1n) is 5.61. The van der Waals surface area contributed by atoms with Crippen LogP contribution in [-0.4, -0.2) is 28.9 Å². The molecule has 1 aliphatic rings. The number of nitrogens with two attached hydrogens (primary N) is 1. The molecule has 0 spiro atoms. The molecule has 0 radical (unpaired) electrons. The van der Waals surface area contributed by atoms with Crippen LogP contribution in [0.1, 0.15) is 18.9 Å². The Morgan fingerprint density at radius 1 is 1.65 bits per heavy atom. The summed E-state index contributed by atoms with van der Waals surface area (Å²) in [6, 6.07) is 2.05. The lowest BCUT2D eigenvalue weighted by molar-refractivity contribution is -0.126. The molecule has 1 aromatic rings. The van der Waals surface area contributed by atoms with Gasteiger partial charge < -0.3 is 5.73 Å². The van der Waals surface area contributed by atoms with Gasteiger partial charge in [-0.1, -0.05) is 0 Å². The number of hydrogen-bond donors (Lipinski definition) is 1. The lowest BCUT2D eigenvalue weighted by Gasteiger charge is -2.20. The van der Waals surface area contributed by atoms with Crippen LogP contribution in [0.3, 0.4) is 0 Å². The van der Waals surface area contributed by atoms with E-state index in [1.54, 1.807) is 6.20 Å². The average molecular weight is 298 g/mol. The van der Waals surface area contributed by atoms with Gasteiger partial charge >= 0.3 is 0 Å². The number of primary amides is 1. The maximum Gasteiger partial charge on any atom is 0.224 e. The largest absolute Gasteiger partial charge is 0.369 e. The Bertz CT molecular complexity index is 438. The fraction of sp³-hybridized carbons (Fsp3) is 0.500. The van der Waals surface area contributed by atoms with Gasteiger partial charge in [-0.25, -0.2) is 0 Å². The van der Waals surface area contributed by atoms with E-state index in [0.29, 0.717) is 0 Å². The third-order valence-corrected chi connectivity index (χ3v) is 3.75. The number of pyridine rings is 1. The van der Waals surface area contributed by atoms with E-state index in [-0.39, 0.29) is 11.3 Å². The van der Waals surface area contributed by atoms with Crippen LogP contribution in [-0.2, 0) is 11.3 Å². The normalized spacial score (nSPS) is 25.1. The molecule has 2 rings (SSSR count). The molecule has 1 saturated heterocycles. The lowest BCUT2D eigenvalue weighted by atomic mass is 9.89. The summed E-state index contributed by atoms with van der Waals surface area (Å²) < 4.78 is 0.979. The molecule has 1 amide bonds. The van der Waals surface area contributed by atoms with Crippen molar-refractivity contribution in [2.75, 3.05) is 13.1 Å². The number of hydrogen-bond acceptors (Lipinski definition) is 3. The molecule has 17 heavy (non-hydrogen) atoms. The minimum absolute atomic E-state index is 0.202. The first-order chi connectivity index (χ1) is 7.99. The molecule has 1 fully saturated rings. The molecule has 0 aromatic carbocycles. The molecule has 2 heterocycles. The molecular weight excluding hydrogens is 282 g/mol. The van der Waals surface area contributed by atoms with Gasteiger partial charge in [0.2, 0.25) is 5.91 Å². The van der Waals surface area contributed by atoms with Gasteiger partial charge in [0, 0.05) is 30.0 Å². The van der Waals surface area contributed by atoms with Crippen molar-refractivity contribution >= 4 is 21.8 Å². The van der Waals surface area contributed by atoms with Gasteiger partial charge in [0.05, 0.1) is 5.41 Å². The van der Waals surface area contributed by atoms with Gasteiger partial charge in [-0.05, 0) is 47.4 Å². The Hall–Kier alpha value is -0.940. The zero-order valence-electron chi connectivity index (χ0n) is 9.82. The first-order valence-corrected chi connectivity index (χ1v) is 6.41. The molecule has 1 aliphatic heterocycles. The van der Waals surface area contributed by atoms with Crippen LogP contribution in [0.4, 0.5) is 0 Å². The number of rotatable bonds is 3. The van der Waals surface area contributed by atoms with Gasteiger partial charge in [0.25, 0.3) is 0 Å². The summed E-state index contributed by atoms with van der Waals surface area (Å²) in [7, 11) is 0. The number of nitrogens with zero attached hydrogens (tertiary/aromatic N) is 2. The van der Waals surface area contributed by atoms with Gasteiger partial charge in [0.15, 0.2) is 0 Å². The zero-order valence-corrected chi connectivity index (χ0v) is 11.4. The van der Waals surface area contributed by atoms with E-state index in [2.05, 4.69) is 25.8 Å². The van der Waals surface area contributed by atoms with E-state index < -0.39 is 0 Å². The number of carbonyl (C=O) groups is 1. The van der Waals surface area contributed by atoms with Crippen LogP contribution < -0.4 is 5.73 Å². The molecule has 1 aromatic heterocycles. The van der Waals surface area contributed by atoms with E-state index in [4.69, 9.17) is 5.73 Å². The van der Waals surface area contributed by atoms with Gasteiger partial charge in [-0.2, -0.15) is 0 Å². The molecule has 0 bridgehead atoms. The summed E-state index contributed by atoms with van der Waals surface area (Å²) in [5.41, 5.74) is 6.20. The van der Waals surface area contributed by atoms with Crippen molar-refractivity contribution in [3.05, 3.63) is 28.5 Å². The third-order valence-electron chi connectivity index (χ3n) is 3.31. The molecule has 1 atom stereocenters. The van der Waals surface area contributed by atoms with Crippen molar-refractivity contribution in [2.45, 2.75) is 19.9 Å². The molecule has 0 aliphatic carbocycles. The Morgan fingerprint density at radius 2 is 2.41 bits per heavy atom. The van der Waals surface area contributed by atoms with E-state index in [1.165, 1.54) is 0 Å². The Balaban J connectivity index is 2.01. The predicted octanol–water partition coefficient (Wildman–Crippen LogP) is 1.54. The highest BCUT2D eigenvalue weighted by Gasteiger charge is 2.38. The predicted molar refractivity (Wildman–Crippen MR) is 69.1 cm³/mol. The van der Waals surface area contributed by atoms with Crippen molar-refractivity contribution in [3.63, 3.8) is 0 Å². The molecule has 5 heteroatoms. The van der Waals surface area contributed by atoms with Crippen LogP contribution in [0.2, 0.25) is 0 Å². The van der Waals surface area contributed by atoms with Crippen LogP contribution in [0.25, 0.3) is 0 Å². The molecular formula is C12H16BrN3O. The standard InChI is InChI=1S/C12H16BrN3O/c1-12(11(14)17)2-3-16(8-12)7-9-4-10(13)6-15-5-9/h4-6H,2-3,7-8H2,1H3,(H2,14,17). The van der Waals surface area contributed by atoms with Crippen LogP contribution >= 0.6 is 15.9 Å². The van der Waals surface area contributed by atoms with Gasteiger partial charge in [-0.3, -0.25) is 14.7 Å². The van der Waals surface area contributed by atoms with Crippen molar-refractivity contribution in [2.24, 2.45) is 11.1 Å². The highest BCUT2D eigenvalue weighted by Crippen LogP contribution is 2.30. The fourth-order valence-corrected chi connectivity index (χ4v) is 2.61. The van der Waals surface area contributed by atoms with Crippen molar-refractivity contribution in [1.82, 2.24) is 9.88 Å². The fourth-order valence-electron chi connectivity index (χ4n) is 2.19. The second-order valence-corrected chi connectivity index (χ2v) is 5.81. The molecule has 4 nitrogen and oxygen atoms in total. The third kappa shape index (κ3) is 2.84. The van der Waals surface area contributed by atoms with Crippen molar-refractivity contribution in [3.8, 4) is 0 Å². The summed E-state index contributed by atoms with van der Waals surface area (Å²) in [6.07, 6.45) is 4.45. The minimum Gasteiger partial charge on any atom is -0.369 e. The van der Waals surface area contributed by atoms with Crippen LogP contribution in [0.5, 0.6) is 0 Å². The van der Waals surface area contributed by atoms with Crippen LogP contribution in [0, 0.1) is 5.41 Å². The number of halogens is 1. The number of aromatic nitrogens is 1. The maximum absolute atomic E-state index is 11.4. The Labute approximate surface area is 109 Å². The average Bonchev–Trinajstić information content (AvgIpc) is 2.61. The Kier molecular flexibility index (Phi) is 3.49. The van der Waals surface area contributed by atoms with Crippen LogP contribution in [0.15, 0.2) is 22.9 Å². The van der Waals surface area contributed by atoms with Gasteiger partial charge in [-0.15, -0.1) is 0 Å². The number of likely N-dealkylation sites (tertiary alicyclic amines) is 1. The van der Waals surface area contributed by atoms with E-state index >= 15 is 0 Å². The molecule has 0 saturated carbocycles. The minimum atomic E-state index is -0.376. The summed E-state index contributed by atoms with van der Waals surface area (Å²) in [5.74, 6) is -0.202. The number of carbonyl (C=O) groups excluding carboxylic acids is 1. The maximum atomic E-state index is 11.4. The van der Waals surface area contributed by atoms with Gasteiger partial charge in [0.1, 0.15) is 0 Å². The molecule has 92 valence electrons. The first kappa shape index (κ1) is 12.5. The second-order valence-electron chi connectivity index (χ2n) is 4.90. The SMILES string of the molecule is CC1(C(N)=O)CCN(Cc2cncc(Br)c2)C1. The molecule has 2 N–H and O–H groups in total. The van der Waals surface area contributed by atoms with Crippen molar-refractivity contribution in [1.29, 1.82) is 0 Å². The molecule has 1 unspecified atom stereocenters. The smallest absolute Gasteiger partial charge is 0.224 e. The van der Waals surface area contributed by atoms with E-state index in [1.807, 2.05) is 19.2 Å². The summed E-state index contributed by atoms with van der Waals surface area (Å²) >= 11 is 3.40.